The second-order valence-electron chi connectivity index (χ2n) is 5.53. The average Bonchev–Trinajstić information content (AvgIpc) is 2.38. The highest BCUT2D eigenvalue weighted by atomic mass is 35.5. The van der Waals surface area contributed by atoms with Crippen molar-refractivity contribution in [3.63, 3.8) is 0 Å². The molecular formula is C16H20Cl2O2. The third-order valence-corrected chi connectivity index (χ3v) is 4.47. The van der Waals surface area contributed by atoms with Crippen LogP contribution in [0, 0.1) is 12.8 Å². The van der Waals surface area contributed by atoms with Gasteiger partial charge in [-0.05, 0) is 37.0 Å². The molecule has 0 atom stereocenters. The topological polar surface area (TPSA) is 26.3 Å². The van der Waals surface area contributed by atoms with E-state index in [1.807, 2.05) is 6.92 Å². The van der Waals surface area contributed by atoms with E-state index in [1.54, 1.807) is 12.1 Å². The molecule has 0 saturated heterocycles. The van der Waals surface area contributed by atoms with Crippen molar-refractivity contribution in [1.29, 1.82) is 0 Å². The van der Waals surface area contributed by atoms with Crippen LogP contribution in [0.15, 0.2) is 12.1 Å². The molecule has 0 aromatic heterocycles. The van der Waals surface area contributed by atoms with E-state index in [0.29, 0.717) is 22.6 Å². The van der Waals surface area contributed by atoms with Gasteiger partial charge in [0.2, 0.25) is 0 Å². The second kappa shape index (κ2) is 7.33. The first-order valence-electron chi connectivity index (χ1n) is 7.20. The van der Waals surface area contributed by atoms with Gasteiger partial charge >= 0.3 is 5.97 Å². The summed E-state index contributed by atoms with van der Waals surface area (Å²) in [5.41, 5.74) is 1.21. The van der Waals surface area contributed by atoms with Crippen molar-refractivity contribution in [2.75, 3.05) is 6.61 Å². The minimum atomic E-state index is -0.421. The van der Waals surface area contributed by atoms with Gasteiger partial charge < -0.3 is 4.74 Å². The van der Waals surface area contributed by atoms with Crippen molar-refractivity contribution in [1.82, 2.24) is 0 Å². The highest BCUT2D eigenvalue weighted by Crippen LogP contribution is 2.28. The molecule has 1 saturated carbocycles. The molecule has 2 rings (SSSR count). The third-order valence-electron chi connectivity index (χ3n) is 3.87. The van der Waals surface area contributed by atoms with Gasteiger partial charge in [-0.15, -0.1) is 0 Å². The van der Waals surface area contributed by atoms with Crippen LogP contribution in [0.1, 0.15) is 54.4 Å². The van der Waals surface area contributed by atoms with Crippen LogP contribution >= 0.6 is 23.2 Å². The Balaban J connectivity index is 1.88. The van der Waals surface area contributed by atoms with Crippen molar-refractivity contribution in [2.24, 2.45) is 5.92 Å². The van der Waals surface area contributed by atoms with E-state index in [4.69, 9.17) is 27.9 Å². The summed E-state index contributed by atoms with van der Waals surface area (Å²) in [6, 6.07) is 3.45. The van der Waals surface area contributed by atoms with Gasteiger partial charge in [-0.1, -0.05) is 55.3 Å². The number of hydrogen-bond donors (Lipinski definition) is 0. The number of hydrogen-bond acceptors (Lipinski definition) is 2. The zero-order chi connectivity index (χ0) is 14.5. The van der Waals surface area contributed by atoms with Gasteiger partial charge in [0, 0.05) is 0 Å². The van der Waals surface area contributed by atoms with Crippen LogP contribution < -0.4 is 0 Å². The lowest BCUT2D eigenvalue weighted by Crippen LogP contribution is -2.13. The number of benzene rings is 1. The molecule has 2 nitrogen and oxygen atoms in total. The summed E-state index contributed by atoms with van der Waals surface area (Å²) >= 11 is 12.1. The van der Waals surface area contributed by atoms with Crippen LogP contribution in [0.5, 0.6) is 0 Å². The Labute approximate surface area is 130 Å². The maximum absolute atomic E-state index is 12.0. The number of halogens is 2. The predicted molar refractivity (Wildman–Crippen MR) is 82.7 cm³/mol. The van der Waals surface area contributed by atoms with E-state index < -0.39 is 5.97 Å². The fourth-order valence-electron chi connectivity index (χ4n) is 2.76. The van der Waals surface area contributed by atoms with Crippen LogP contribution in [-0.4, -0.2) is 12.6 Å². The largest absolute Gasteiger partial charge is 0.462 e. The number of rotatable bonds is 4. The average molecular weight is 315 g/mol. The molecule has 0 amide bonds. The molecule has 1 fully saturated rings. The minimum Gasteiger partial charge on any atom is -0.462 e. The number of esters is 1. The van der Waals surface area contributed by atoms with E-state index in [0.717, 1.165) is 12.0 Å². The van der Waals surface area contributed by atoms with Crippen molar-refractivity contribution < 1.29 is 9.53 Å². The molecule has 0 aliphatic heterocycles. The summed E-state index contributed by atoms with van der Waals surface area (Å²) in [7, 11) is 0. The van der Waals surface area contributed by atoms with Gasteiger partial charge in [-0.2, -0.15) is 0 Å². The molecule has 20 heavy (non-hydrogen) atoms. The van der Waals surface area contributed by atoms with E-state index >= 15 is 0 Å². The van der Waals surface area contributed by atoms with E-state index in [2.05, 4.69) is 0 Å². The molecule has 110 valence electrons. The SMILES string of the molecule is Cc1cc(Cl)c(C(=O)OCCC2CCCCC2)c(Cl)c1. The van der Waals surface area contributed by atoms with Crippen LogP contribution in [0.2, 0.25) is 10.0 Å². The smallest absolute Gasteiger partial charge is 0.341 e. The Morgan fingerprint density at radius 3 is 2.40 bits per heavy atom. The molecule has 4 heteroatoms. The maximum Gasteiger partial charge on any atom is 0.341 e. The summed E-state index contributed by atoms with van der Waals surface area (Å²) < 4.78 is 5.32. The van der Waals surface area contributed by atoms with Gasteiger partial charge in [-0.3, -0.25) is 0 Å². The van der Waals surface area contributed by atoms with Crippen LogP contribution in [0.3, 0.4) is 0 Å². The quantitative estimate of drug-likeness (QED) is 0.693. The fourth-order valence-corrected chi connectivity index (χ4v) is 3.51. The molecule has 0 heterocycles. The molecule has 1 aliphatic rings. The van der Waals surface area contributed by atoms with Crippen LogP contribution in [-0.2, 0) is 4.74 Å². The number of aryl methyl sites for hydroxylation is 1. The molecule has 1 aromatic carbocycles. The van der Waals surface area contributed by atoms with Crippen LogP contribution in [0.4, 0.5) is 0 Å². The Bertz CT molecular complexity index is 456. The Hall–Kier alpha value is -0.730. The third kappa shape index (κ3) is 4.13. The lowest BCUT2D eigenvalue weighted by Gasteiger charge is -2.21. The molecule has 0 radical (unpaired) electrons. The van der Waals surface area contributed by atoms with Gasteiger partial charge in [0.1, 0.15) is 0 Å². The van der Waals surface area contributed by atoms with Gasteiger partial charge in [0.05, 0.1) is 22.2 Å². The first-order chi connectivity index (χ1) is 9.58. The zero-order valence-corrected chi connectivity index (χ0v) is 13.3. The van der Waals surface area contributed by atoms with Gasteiger partial charge in [-0.25, -0.2) is 4.79 Å². The number of carbonyl (C=O) groups is 1. The number of ether oxygens (including phenoxy) is 1. The molecule has 0 N–H and O–H groups in total. The molecular weight excluding hydrogens is 295 g/mol. The lowest BCUT2D eigenvalue weighted by atomic mass is 9.87. The van der Waals surface area contributed by atoms with E-state index in [1.165, 1.54) is 32.1 Å². The summed E-state index contributed by atoms with van der Waals surface area (Å²) in [6.07, 6.45) is 7.38. The van der Waals surface area contributed by atoms with Crippen molar-refractivity contribution in [3.05, 3.63) is 33.3 Å². The molecule has 0 bridgehead atoms. The summed E-state index contributed by atoms with van der Waals surface area (Å²) in [6.45, 7) is 2.33. The normalized spacial score (nSPS) is 16.1. The Morgan fingerprint density at radius 2 is 1.80 bits per heavy atom. The maximum atomic E-state index is 12.0. The predicted octanol–water partition coefficient (Wildman–Crippen LogP) is 5.43. The summed E-state index contributed by atoms with van der Waals surface area (Å²) in [5, 5.41) is 0.718. The highest BCUT2D eigenvalue weighted by molar-refractivity contribution is 6.39. The Morgan fingerprint density at radius 1 is 1.20 bits per heavy atom. The molecule has 1 aromatic rings. The number of carbonyl (C=O) groups excluding carboxylic acids is 1. The fraction of sp³-hybridized carbons (Fsp3) is 0.562. The first kappa shape index (κ1) is 15.7. The zero-order valence-electron chi connectivity index (χ0n) is 11.8. The molecule has 0 spiro atoms. The lowest BCUT2D eigenvalue weighted by molar-refractivity contribution is 0.0475. The van der Waals surface area contributed by atoms with Crippen molar-refractivity contribution >= 4 is 29.2 Å². The standard InChI is InChI=1S/C16H20Cl2O2/c1-11-9-13(17)15(14(18)10-11)16(19)20-8-7-12-5-3-2-4-6-12/h9-10,12H,2-8H2,1H3. The minimum absolute atomic E-state index is 0.280. The van der Waals surface area contributed by atoms with Gasteiger partial charge in [0.25, 0.3) is 0 Å². The monoisotopic (exact) mass is 314 g/mol. The Kier molecular flexibility index (Phi) is 5.74. The highest BCUT2D eigenvalue weighted by Gasteiger charge is 2.18. The van der Waals surface area contributed by atoms with Crippen LogP contribution in [0.25, 0.3) is 0 Å². The van der Waals surface area contributed by atoms with Crippen molar-refractivity contribution in [3.8, 4) is 0 Å². The molecule has 1 aliphatic carbocycles. The van der Waals surface area contributed by atoms with E-state index in [9.17, 15) is 4.79 Å². The molecule has 0 unspecified atom stereocenters. The first-order valence-corrected chi connectivity index (χ1v) is 7.96. The summed E-state index contributed by atoms with van der Waals surface area (Å²) in [5.74, 6) is 0.274. The van der Waals surface area contributed by atoms with Crippen molar-refractivity contribution in [2.45, 2.75) is 45.4 Å². The van der Waals surface area contributed by atoms with Gasteiger partial charge in [0.15, 0.2) is 0 Å². The van der Waals surface area contributed by atoms with E-state index in [-0.39, 0.29) is 5.56 Å². The summed E-state index contributed by atoms with van der Waals surface area (Å²) in [4.78, 5) is 12.0. The second-order valence-corrected chi connectivity index (χ2v) is 6.35.